The van der Waals surface area contributed by atoms with Crippen molar-refractivity contribution in [3.8, 4) is 5.75 Å². The molecule has 0 aliphatic rings. The summed E-state index contributed by atoms with van der Waals surface area (Å²) in [4.78, 5) is 16.6. The Morgan fingerprint density at radius 3 is 2.37 bits per heavy atom. The Kier molecular flexibility index (Phi) is 4.62. The molecule has 0 aliphatic heterocycles. The molecule has 0 amide bonds. The molecule has 1 unspecified atom stereocenters. The van der Waals surface area contributed by atoms with Crippen LogP contribution in [0, 0.1) is 0 Å². The number of rotatable bonds is 6. The molecular formula is C23H20N2O2. The highest BCUT2D eigenvalue weighted by Crippen LogP contribution is 2.28. The number of anilines is 1. The third-order valence-corrected chi connectivity index (χ3v) is 4.65. The minimum atomic E-state index is -0.487. The van der Waals surface area contributed by atoms with Crippen LogP contribution in [0.4, 0.5) is 5.69 Å². The lowest BCUT2D eigenvalue weighted by molar-refractivity contribution is 0.0971. The Balaban J connectivity index is 1.72. The number of aromatic nitrogens is 1. The van der Waals surface area contributed by atoms with E-state index in [1.807, 2.05) is 78.9 Å². The zero-order chi connectivity index (χ0) is 18.6. The van der Waals surface area contributed by atoms with Crippen LogP contribution in [0.25, 0.3) is 10.9 Å². The molecular weight excluding hydrogens is 336 g/mol. The molecule has 4 nitrogen and oxygen atoms in total. The molecule has 1 aromatic heterocycles. The van der Waals surface area contributed by atoms with Gasteiger partial charge in [-0.05, 0) is 35.9 Å². The van der Waals surface area contributed by atoms with Crippen molar-refractivity contribution >= 4 is 22.4 Å². The van der Waals surface area contributed by atoms with Gasteiger partial charge in [0.05, 0.1) is 7.11 Å². The maximum absolute atomic E-state index is 13.4. The average Bonchev–Trinajstić information content (AvgIpc) is 3.17. The first-order valence-electron chi connectivity index (χ1n) is 8.82. The molecule has 0 spiro atoms. The molecule has 1 heterocycles. The summed E-state index contributed by atoms with van der Waals surface area (Å²) in [5.41, 5.74) is 3.42. The van der Waals surface area contributed by atoms with Gasteiger partial charge in [0.25, 0.3) is 0 Å². The molecule has 0 bridgehead atoms. The van der Waals surface area contributed by atoms with E-state index in [1.165, 1.54) is 0 Å². The van der Waals surface area contributed by atoms with Gasteiger partial charge >= 0.3 is 0 Å². The Labute approximate surface area is 157 Å². The zero-order valence-electron chi connectivity index (χ0n) is 15.0. The number of carbonyl (C=O) groups excluding carboxylic acids is 1. The maximum atomic E-state index is 13.4. The lowest BCUT2D eigenvalue weighted by Crippen LogP contribution is -2.21. The minimum absolute atomic E-state index is 0.0227. The number of ether oxygens (including phenoxy) is 1. The van der Waals surface area contributed by atoms with Gasteiger partial charge in [-0.1, -0.05) is 48.5 Å². The third kappa shape index (κ3) is 3.42. The summed E-state index contributed by atoms with van der Waals surface area (Å²) in [5.74, 6) is 0.800. The van der Waals surface area contributed by atoms with E-state index in [4.69, 9.17) is 4.74 Å². The van der Waals surface area contributed by atoms with E-state index < -0.39 is 6.04 Å². The number of nitrogens with one attached hydrogen (secondary N) is 2. The van der Waals surface area contributed by atoms with Crippen molar-refractivity contribution in [2.45, 2.75) is 6.04 Å². The molecule has 0 aliphatic carbocycles. The number of para-hydroxylation sites is 1. The average molecular weight is 356 g/mol. The number of H-pyrrole nitrogens is 1. The number of methoxy groups -OCH3 is 1. The summed E-state index contributed by atoms with van der Waals surface area (Å²) < 4.78 is 5.21. The highest BCUT2D eigenvalue weighted by atomic mass is 16.5. The van der Waals surface area contributed by atoms with Gasteiger partial charge in [0.1, 0.15) is 11.8 Å². The van der Waals surface area contributed by atoms with Crippen molar-refractivity contribution in [1.82, 2.24) is 4.98 Å². The van der Waals surface area contributed by atoms with Crippen LogP contribution in [-0.4, -0.2) is 17.9 Å². The quantitative estimate of drug-likeness (QED) is 0.466. The number of aromatic amines is 1. The fraction of sp³-hybridized carbons (Fsp3) is 0.0870. The number of Topliss-reactive ketones (excluding diaryl/α,β-unsaturated/α-hetero) is 1. The smallest absolute Gasteiger partial charge is 0.191 e. The van der Waals surface area contributed by atoms with Gasteiger partial charge in [0.15, 0.2) is 5.78 Å². The standard InChI is InChI=1S/C23H20N2O2/c1-27-18-13-11-17(12-14-18)25-22(16-7-3-2-4-8-16)23(26)20-15-24-21-10-6-5-9-19(20)21/h2-15,22,24-25H,1H3. The van der Waals surface area contributed by atoms with E-state index in [-0.39, 0.29) is 5.78 Å². The van der Waals surface area contributed by atoms with Gasteiger partial charge in [0.2, 0.25) is 0 Å². The Morgan fingerprint density at radius 2 is 1.63 bits per heavy atom. The van der Waals surface area contributed by atoms with Crippen LogP contribution in [0.1, 0.15) is 22.0 Å². The predicted molar refractivity (Wildman–Crippen MR) is 108 cm³/mol. The van der Waals surface area contributed by atoms with Crippen LogP contribution >= 0.6 is 0 Å². The summed E-state index contributed by atoms with van der Waals surface area (Å²) in [7, 11) is 1.63. The van der Waals surface area contributed by atoms with Crippen molar-refractivity contribution in [2.24, 2.45) is 0 Å². The first-order chi connectivity index (χ1) is 13.3. The summed E-state index contributed by atoms with van der Waals surface area (Å²) >= 11 is 0. The van der Waals surface area contributed by atoms with Gasteiger partial charge < -0.3 is 15.0 Å². The van der Waals surface area contributed by atoms with E-state index >= 15 is 0 Å². The molecule has 0 saturated heterocycles. The topological polar surface area (TPSA) is 54.1 Å². The summed E-state index contributed by atoms with van der Waals surface area (Å²) in [6.45, 7) is 0. The molecule has 27 heavy (non-hydrogen) atoms. The molecule has 0 fully saturated rings. The number of ketones is 1. The second-order valence-corrected chi connectivity index (χ2v) is 6.33. The zero-order valence-corrected chi connectivity index (χ0v) is 15.0. The Morgan fingerprint density at radius 1 is 0.926 bits per heavy atom. The summed E-state index contributed by atoms with van der Waals surface area (Å²) in [6, 6.07) is 24.7. The predicted octanol–water partition coefficient (Wildman–Crippen LogP) is 5.21. The normalized spacial score (nSPS) is 11.9. The summed E-state index contributed by atoms with van der Waals surface area (Å²) in [5, 5.41) is 4.31. The molecule has 4 aromatic rings. The monoisotopic (exact) mass is 356 g/mol. The third-order valence-electron chi connectivity index (χ3n) is 4.65. The van der Waals surface area contributed by atoms with E-state index in [9.17, 15) is 4.79 Å². The first-order valence-corrected chi connectivity index (χ1v) is 8.82. The van der Waals surface area contributed by atoms with E-state index in [2.05, 4.69) is 10.3 Å². The van der Waals surface area contributed by atoms with Gasteiger partial charge in [-0.15, -0.1) is 0 Å². The minimum Gasteiger partial charge on any atom is -0.497 e. The van der Waals surface area contributed by atoms with Gasteiger partial charge in [0, 0.05) is 28.4 Å². The lowest BCUT2D eigenvalue weighted by Gasteiger charge is -2.19. The van der Waals surface area contributed by atoms with Crippen LogP contribution in [0.5, 0.6) is 5.75 Å². The molecule has 2 N–H and O–H groups in total. The highest BCUT2D eigenvalue weighted by molar-refractivity contribution is 6.11. The SMILES string of the molecule is COc1ccc(NC(C(=O)c2c[nH]c3ccccc23)c2ccccc2)cc1. The molecule has 0 radical (unpaired) electrons. The maximum Gasteiger partial charge on any atom is 0.191 e. The van der Waals surface area contributed by atoms with E-state index in [0.717, 1.165) is 27.9 Å². The number of hydrogen-bond donors (Lipinski definition) is 2. The molecule has 0 saturated carbocycles. The van der Waals surface area contributed by atoms with Crippen molar-refractivity contribution < 1.29 is 9.53 Å². The Bertz CT molecular complexity index is 1050. The largest absolute Gasteiger partial charge is 0.497 e. The molecule has 134 valence electrons. The second-order valence-electron chi connectivity index (χ2n) is 6.33. The second kappa shape index (κ2) is 7.38. The lowest BCUT2D eigenvalue weighted by atomic mass is 9.96. The fourth-order valence-corrected chi connectivity index (χ4v) is 3.23. The number of carbonyl (C=O) groups is 1. The van der Waals surface area contributed by atoms with Crippen LogP contribution < -0.4 is 10.1 Å². The summed E-state index contributed by atoms with van der Waals surface area (Å²) in [6.07, 6.45) is 1.79. The van der Waals surface area contributed by atoms with Crippen LogP contribution in [0.3, 0.4) is 0 Å². The first kappa shape index (κ1) is 16.9. The fourth-order valence-electron chi connectivity index (χ4n) is 3.23. The van der Waals surface area contributed by atoms with Crippen LogP contribution in [-0.2, 0) is 0 Å². The van der Waals surface area contributed by atoms with Gasteiger partial charge in [-0.25, -0.2) is 0 Å². The molecule has 1 atom stereocenters. The molecule has 4 rings (SSSR count). The van der Waals surface area contributed by atoms with Gasteiger partial charge in [-0.3, -0.25) is 4.79 Å². The van der Waals surface area contributed by atoms with Crippen molar-refractivity contribution in [2.75, 3.05) is 12.4 Å². The number of benzene rings is 3. The molecule has 4 heteroatoms. The van der Waals surface area contributed by atoms with Crippen LogP contribution in [0.15, 0.2) is 85.1 Å². The number of fused-ring (bicyclic) bond motifs is 1. The van der Waals surface area contributed by atoms with Crippen LogP contribution in [0.2, 0.25) is 0 Å². The number of hydrogen-bond acceptors (Lipinski definition) is 3. The van der Waals surface area contributed by atoms with E-state index in [1.54, 1.807) is 13.3 Å². The van der Waals surface area contributed by atoms with Crippen molar-refractivity contribution in [3.63, 3.8) is 0 Å². The Hall–Kier alpha value is -3.53. The molecule has 3 aromatic carbocycles. The van der Waals surface area contributed by atoms with Crippen molar-refractivity contribution in [1.29, 1.82) is 0 Å². The van der Waals surface area contributed by atoms with Crippen molar-refractivity contribution in [3.05, 3.63) is 96.2 Å². The van der Waals surface area contributed by atoms with E-state index in [0.29, 0.717) is 5.56 Å². The highest BCUT2D eigenvalue weighted by Gasteiger charge is 2.24. The van der Waals surface area contributed by atoms with Gasteiger partial charge in [-0.2, -0.15) is 0 Å².